The van der Waals surface area contributed by atoms with Crippen molar-refractivity contribution in [2.24, 2.45) is 0 Å². The molecule has 0 aromatic carbocycles. The van der Waals surface area contributed by atoms with Gasteiger partial charge in [0.25, 0.3) is 0 Å². The number of aldehydes is 1. The minimum Gasteiger partial charge on any atom is -0.306 e. The first-order valence-electron chi connectivity index (χ1n) is 6.38. The number of rotatable bonds is 2. The number of hydrogen-bond donors (Lipinski definition) is 0. The SMILES string of the molecule is CN1CCC(c2ncc3ccc(C=O)cn23)CC1. The van der Waals surface area contributed by atoms with Crippen molar-refractivity contribution in [2.45, 2.75) is 18.8 Å². The van der Waals surface area contributed by atoms with E-state index in [1.54, 1.807) is 0 Å². The molecule has 4 nitrogen and oxygen atoms in total. The maximum Gasteiger partial charge on any atom is 0.151 e. The molecule has 18 heavy (non-hydrogen) atoms. The van der Waals surface area contributed by atoms with Gasteiger partial charge in [0, 0.05) is 17.7 Å². The van der Waals surface area contributed by atoms with Crippen LogP contribution in [0.2, 0.25) is 0 Å². The summed E-state index contributed by atoms with van der Waals surface area (Å²) >= 11 is 0. The molecule has 0 atom stereocenters. The van der Waals surface area contributed by atoms with Gasteiger partial charge in [-0.15, -0.1) is 0 Å². The van der Waals surface area contributed by atoms with Crippen LogP contribution in [0.15, 0.2) is 24.5 Å². The molecule has 2 aromatic rings. The number of hydrogen-bond acceptors (Lipinski definition) is 3. The predicted octanol–water partition coefficient (Wildman–Crippen LogP) is 1.96. The molecule has 1 aliphatic heterocycles. The van der Waals surface area contributed by atoms with Crippen molar-refractivity contribution in [1.29, 1.82) is 0 Å². The van der Waals surface area contributed by atoms with Gasteiger partial charge in [-0.05, 0) is 45.1 Å². The number of carbonyl (C=O) groups is 1. The van der Waals surface area contributed by atoms with Crippen molar-refractivity contribution in [3.8, 4) is 0 Å². The molecule has 1 fully saturated rings. The lowest BCUT2D eigenvalue weighted by atomic mass is 9.96. The fraction of sp³-hybridized carbons (Fsp3) is 0.429. The summed E-state index contributed by atoms with van der Waals surface area (Å²) in [6.45, 7) is 2.24. The minimum atomic E-state index is 0.505. The molecule has 1 saturated heterocycles. The van der Waals surface area contributed by atoms with Gasteiger partial charge in [-0.1, -0.05) is 0 Å². The highest BCUT2D eigenvalue weighted by Gasteiger charge is 2.21. The Kier molecular flexibility index (Phi) is 2.88. The Labute approximate surface area is 106 Å². The van der Waals surface area contributed by atoms with Crippen LogP contribution in [0, 0.1) is 0 Å². The Morgan fingerprint density at radius 1 is 1.33 bits per heavy atom. The van der Waals surface area contributed by atoms with E-state index >= 15 is 0 Å². The van der Waals surface area contributed by atoms with E-state index in [-0.39, 0.29) is 0 Å². The molecule has 1 aliphatic rings. The van der Waals surface area contributed by atoms with Crippen molar-refractivity contribution in [1.82, 2.24) is 14.3 Å². The maximum atomic E-state index is 10.9. The van der Waals surface area contributed by atoms with Gasteiger partial charge in [0.05, 0.1) is 11.7 Å². The molecule has 0 N–H and O–H groups in total. The average Bonchev–Trinajstić information content (AvgIpc) is 2.82. The first-order chi connectivity index (χ1) is 8.78. The van der Waals surface area contributed by atoms with Crippen molar-refractivity contribution in [2.75, 3.05) is 20.1 Å². The van der Waals surface area contributed by atoms with Crippen molar-refractivity contribution in [3.05, 3.63) is 35.9 Å². The normalized spacial score (nSPS) is 18.3. The molecule has 0 bridgehead atoms. The summed E-state index contributed by atoms with van der Waals surface area (Å²) in [4.78, 5) is 17.8. The fourth-order valence-corrected chi connectivity index (χ4v) is 2.67. The molecule has 0 radical (unpaired) electrons. The van der Waals surface area contributed by atoms with Crippen molar-refractivity contribution < 1.29 is 4.79 Å². The van der Waals surface area contributed by atoms with Crippen LogP contribution in [0.4, 0.5) is 0 Å². The van der Waals surface area contributed by atoms with E-state index in [4.69, 9.17) is 0 Å². The molecule has 94 valence electrons. The van der Waals surface area contributed by atoms with Gasteiger partial charge in [-0.25, -0.2) is 4.98 Å². The highest BCUT2D eigenvalue weighted by atomic mass is 16.1. The quantitative estimate of drug-likeness (QED) is 0.757. The first kappa shape index (κ1) is 11.4. The Bertz CT molecular complexity index is 567. The number of carbonyl (C=O) groups excluding carboxylic acids is 1. The fourth-order valence-electron chi connectivity index (χ4n) is 2.67. The van der Waals surface area contributed by atoms with Gasteiger partial charge in [0.1, 0.15) is 5.82 Å². The molecule has 2 aromatic heterocycles. The molecule has 0 aliphatic carbocycles. The number of piperidine rings is 1. The van der Waals surface area contributed by atoms with E-state index in [2.05, 4.69) is 21.3 Å². The van der Waals surface area contributed by atoms with Crippen LogP contribution in [0.25, 0.3) is 5.52 Å². The van der Waals surface area contributed by atoms with Gasteiger partial charge in [0.2, 0.25) is 0 Å². The number of imidazole rings is 1. The lowest BCUT2D eigenvalue weighted by Gasteiger charge is -2.28. The molecule has 3 rings (SSSR count). The van der Waals surface area contributed by atoms with Crippen LogP contribution in [0.1, 0.15) is 34.9 Å². The smallest absolute Gasteiger partial charge is 0.151 e. The molecule has 0 unspecified atom stereocenters. The molecule has 0 amide bonds. The van der Waals surface area contributed by atoms with E-state index in [1.807, 2.05) is 24.5 Å². The van der Waals surface area contributed by atoms with Crippen molar-refractivity contribution in [3.63, 3.8) is 0 Å². The summed E-state index contributed by atoms with van der Waals surface area (Å²) in [7, 11) is 2.16. The second-order valence-electron chi connectivity index (χ2n) is 5.07. The molecule has 0 spiro atoms. The maximum absolute atomic E-state index is 10.9. The third-order valence-electron chi connectivity index (χ3n) is 3.80. The van der Waals surface area contributed by atoms with E-state index in [1.165, 1.54) is 0 Å². The van der Waals surface area contributed by atoms with E-state index in [0.29, 0.717) is 11.5 Å². The van der Waals surface area contributed by atoms with Gasteiger partial charge in [-0.3, -0.25) is 4.79 Å². The summed E-state index contributed by atoms with van der Waals surface area (Å²) in [5, 5.41) is 0. The number of nitrogens with zero attached hydrogens (tertiary/aromatic N) is 3. The average molecular weight is 243 g/mol. The highest BCUT2D eigenvalue weighted by Crippen LogP contribution is 2.27. The largest absolute Gasteiger partial charge is 0.306 e. The lowest BCUT2D eigenvalue weighted by Crippen LogP contribution is -2.29. The van der Waals surface area contributed by atoms with Crippen LogP contribution in [0.5, 0.6) is 0 Å². The van der Waals surface area contributed by atoms with Crippen LogP contribution in [0.3, 0.4) is 0 Å². The second kappa shape index (κ2) is 4.53. The zero-order chi connectivity index (χ0) is 12.5. The predicted molar refractivity (Wildman–Crippen MR) is 70.1 cm³/mol. The zero-order valence-corrected chi connectivity index (χ0v) is 10.5. The third-order valence-corrected chi connectivity index (χ3v) is 3.80. The molecular formula is C14H17N3O. The number of likely N-dealkylation sites (tertiary alicyclic amines) is 1. The summed E-state index contributed by atoms with van der Waals surface area (Å²) in [6, 6.07) is 3.79. The zero-order valence-electron chi connectivity index (χ0n) is 10.5. The van der Waals surface area contributed by atoms with Crippen LogP contribution >= 0.6 is 0 Å². The van der Waals surface area contributed by atoms with Crippen LogP contribution in [-0.4, -0.2) is 40.7 Å². The standard InChI is InChI=1S/C14H17N3O/c1-16-6-4-12(5-7-16)14-15-8-13-3-2-11(10-18)9-17(13)14/h2-3,8-10,12H,4-7H2,1H3. The summed E-state index contributed by atoms with van der Waals surface area (Å²) < 4.78 is 2.07. The first-order valence-corrected chi connectivity index (χ1v) is 6.38. The summed E-state index contributed by atoms with van der Waals surface area (Å²) in [5.74, 6) is 1.60. The summed E-state index contributed by atoms with van der Waals surface area (Å²) in [5.41, 5.74) is 1.77. The topological polar surface area (TPSA) is 37.6 Å². The number of pyridine rings is 1. The highest BCUT2D eigenvalue weighted by molar-refractivity contribution is 5.75. The number of fused-ring (bicyclic) bond motifs is 1. The Morgan fingerprint density at radius 2 is 2.11 bits per heavy atom. The second-order valence-corrected chi connectivity index (χ2v) is 5.07. The molecule has 0 saturated carbocycles. The van der Waals surface area contributed by atoms with Gasteiger partial charge >= 0.3 is 0 Å². The van der Waals surface area contributed by atoms with Gasteiger partial charge in [0.15, 0.2) is 6.29 Å². The summed E-state index contributed by atoms with van der Waals surface area (Å²) in [6.07, 6.45) is 6.95. The van der Waals surface area contributed by atoms with Crippen LogP contribution in [-0.2, 0) is 0 Å². The molecule has 4 heteroatoms. The van der Waals surface area contributed by atoms with E-state index in [9.17, 15) is 4.79 Å². The third kappa shape index (κ3) is 1.93. The minimum absolute atomic E-state index is 0.505. The van der Waals surface area contributed by atoms with E-state index in [0.717, 1.165) is 43.6 Å². The van der Waals surface area contributed by atoms with Gasteiger partial charge < -0.3 is 9.30 Å². The molecule has 3 heterocycles. The van der Waals surface area contributed by atoms with Gasteiger partial charge in [-0.2, -0.15) is 0 Å². The Balaban J connectivity index is 1.98. The molecular weight excluding hydrogens is 226 g/mol. The monoisotopic (exact) mass is 243 g/mol. The van der Waals surface area contributed by atoms with E-state index < -0.39 is 0 Å². The lowest BCUT2D eigenvalue weighted by molar-refractivity contribution is 0.112. The van der Waals surface area contributed by atoms with Crippen LogP contribution < -0.4 is 0 Å². The Morgan fingerprint density at radius 3 is 2.83 bits per heavy atom. The number of aromatic nitrogens is 2. The van der Waals surface area contributed by atoms with Crippen molar-refractivity contribution >= 4 is 11.8 Å². The Hall–Kier alpha value is -1.68.